The van der Waals surface area contributed by atoms with Crippen LogP contribution in [0, 0.1) is 13.8 Å². The molecular weight excluding hydrogens is 816 g/mol. The van der Waals surface area contributed by atoms with Crippen LogP contribution in [-0.4, -0.2) is 6.71 Å². The molecule has 0 saturated heterocycles. The Morgan fingerprint density at radius 1 is 0.424 bits per heavy atom. The second-order valence-corrected chi connectivity index (χ2v) is 28.8. The lowest BCUT2D eigenvalue weighted by atomic mass is 9.35. The fourth-order valence-electron chi connectivity index (χ4n) is 14.2. The lowest BCUT2D eigenvalue weighted by molar-refractivity contribution is 0.332. The van der Waals surface area contributed by atoms with E-state index < -0.39 is 0 Å². The van der Waals surface area contributed by atoms with Gasteiger partial charge >= 0.3 is 0 Å². The van der Waals surface area contributed by atoms with Crippen molar-refractivity contribution in [3.63, 3.8) is 0 Å². The number of benzene rings is 4. The van der Waals surface area contributed by atoms with Crippen LogP contribution in [0.5, 0.6) is 0 Å². The fraction of sp³-hybridized carbons (Fsp3) is 0.548. The van der Waals surface area contributed by atoms with Crippen molar-refractivity contribution in [3.8, 4) is 0 Å². The molecule has 5 aromatic rings. The lowest BCUT2D eigenvalue weighted by Gasteiger charge is -2.48. The van der Waals surface area contributed by atoms with Gasteiger partial charge in [-0.15, -0.1) is 0 Å². The van der Waals surface area contributed by atoms with E-state index in [4.69, 9.17) is 0 Å². The average Bonchev–Trinajstić information content (AvgIpc) is 3.65. The summed E-state index contributed by atoms with van der Waals surface area (Å²) in [7, 11) is 0. The number of aryl methyl sites for hydroxylation is 2. The zero-order chi connectivity index (χ0) is 47.4. The van der Waals surface area contributed by atoms with Crippen molar-refractivity contribution < 1.29 is 0 Å². The highest BCUT2D eigenvalue weighted by Gasteiger charge is 2.53. The van der Waals surface area contributed by atoms with E-state index in [1.54, 1.807) is 31.9 Å². The van der Waals surface area contributed by atoms with Gasteiger partial charge in [-0.05, 0) is 206 Å². The van der Waals surface area contributed by atoms with Crippen LogP contribution >= 0.6 is 11.3 Å². The maximum atomic E-state index is 2.84. The molecule has 2 nitrogen and oxygen atoms in total. The second-order valence-electron chi connectivity index (χ2n) is 27.8. The smallest absolute Gasteiger partial charge is 0.264 e. The predicted octanol–water partition coefficient (Wildman–Crippen LogP) is 15.8. The van der Waals surface area contributed by atoms with Gasteiger partial charge in [0.2, 0.25) is 0 Å². The molecule has 0 unspecified atom stereocenters. The second kappa shape index (κ2) is 13.5. The first-order valence-electron chi connectivity index (χ1n) is 25.9. The summed E-state index contributed by atoms with van der Waals surface area (Å²) in [6, 6.07) is 23.5. The van der Waals surface area contributed by atoms with E-state index in [-0.39, 0.29) is 50.0 Å². The molecular formula is C62H79BN2S. The van der Waals surface area contributed by atoms with Crippen LogP contribution in [0.4, 0.5) is 34.1 Å². The third kappa shape index (κ3) is 6.16. The molecule has 346 valence electrons. The Kier molecular flexibility index (Phi) is 9.16. The summed E-state index contributed by atoms with van der Waals surface area (Å²) >= 11 is 2.18. The molecule has 4 heteroatoms. The first kappa shape index (κ1) is 44.7. The van der Waals surface area contributed by atoms with Crippen molar-refractivity contribution in [2.75, 3.05) is 9.80 Å². The zero-order valence-corrected chi connectivity index (χ0v) is 45.0. The molecule has 0 atom stereocenters. The normalized spacial score (nSPS) is 23.4. The highest BCUT2D eigenvalue weighted by atomic mass is 32.1. The Hall–Kier alpha value is -3.76. The first-order chi connectivity index (χ1) is 30.5. The molecule has 1 aromatic heterocycles. The molecule has 0 bridgehead atoms. The van der Waals surface area contributed by atoms with Gasteiger partial charge in [0.15, 0.2) is 0 Å². The molecule has 3 heterocycles. The van der Waals surface area contributed by atoms with Crippen LogP contribution in [0.3, 0.4) is 0 Å². The summed E-state index contributed by atoms with van der Waals surface area (Å²) in [4.78, 5) is 7.21. The third-order valence-corrected chi connectivity index (χ3v) is 20.8. The number of hydrogen-bond acceptors (Lipinski definition) is 3. The summed E-state index contributed by atoms with van der Waals surface area (Å²) in [5.74, 6) is 0. The minimum absolute atomic E-state index is 0.0375. The van der Waals surface area contributed by atoms with Crippen LogP contribution in [-0.2, 0) is 43.3 Å². The van der Waals surface area contributed by atoms with Crippen LogP contribution < -0.4 is 25.5 Å². The van der Waals surface area contributed by atoms with E-state index in [1.807, 2.05) is 0 Å². The maximum Gasteiger partial charge on any atom is 0.264 e. The van der Waals surface area contributed by atoms with Crippen LogP contribution in [0.1, 0.15) is 217 Å². The van der Waals surface area contributed by atoms with Gasteiger partial charge in [0.05, 0.1) is 5.69 Å². The molecule has 0 fully saturated rings. The van der Waals surface area contributed by atoms with E-state index in [0.29, 0.717) is 0 Å². The molecule has 66 heavy (non-hydrogen) atoms. The minimum atomic E-state index is 0.0375. The molecule has 4 aromatic carbocycles. The van der Waals surface area contributed by atoms with Gasteiger partial charge in [0.25, 0.3) is 6.71 Å². The fourth-order valence-corrected chi connectivity index (χ4v) is 15.9. The molecule has 0 amide bonds. The molecule has 11 rings (SSSR count). The van der Waals surface area contributed by atoms with Crippen molar-refractivity contribution in [2.24, 2.45) is 0 Å². The quantitative estimate of drug-likeness (QED) is 0.160. The summed E-state index contributed by atoms with van der Waals surface area (Å²) in [6.07, 6.45) is 9.65. The van der Waals surface area contributed by atoms with E-state index in [0.717, 1.165) is 0 Å². The highest BCUT2D eigenvalue weighted by Crippen LogP contribution is 2.59. The SMILES string of the molecule is Cc1cc2c3c(c1)N(c1cc4c(cc1C)C(C)(C)CCC4(C)C)c1c(sc4c1C(C)(C)CCC4(C)C)B3c1cc3c(cc1N2c1ccc2c(c1)C(C)(C)CCC2(C)C)C(C)(C)CCC3(C)C. The number of anilines is 6. The third-order valence-electron chi connectivity index (χ3n) is 19.2. The Balaban J connectivity index is 1.29. The number of rotatable bonds is 2. The summed E-state index contributed by atoms with van der Waals surface area (Å²) in [6.45, 7) is 45.1. The zero-order valence-electron chi connectivity index (χ0n) is 44.2. The lowest BCUT2D eigenvalue weighted by Crippen LogP contribution is -2.61. The molecule has 4 aliphatic carbocycles. The number of thiophene rings is 1. The van der Waals surface area contributed by atoms with Crippen molar-refractivity contribution in [1.29, 1.82) is 0 Å². The minimum Gasteiger partial charge on any atom is -0.311 e. The topological polar surface area (TPSA) is 6.48 Å². The predicted molar refractivity (Wildman–Crippen MR) is 289 cm³/mol. The standard InChI is InChI=1S/C62H79BN2S/c1-36-29-48-51-49(30-36)65(46-34-43-40(31-37(46)2)56(5,6)23-25-59(43,11)12)52-50-53(62(17,18)28-27-61(50,15)16)66-54(52)63(51)45-33-42-44(60(13,14)26-24-58(42,9)10)35-47(45)64(48)38-19-20-39-41(32-38)57(7,8)22-21-55(39,3)4/h19-20,29-35H,21-28H2,1-18H3. The van der Waals surface area contributed by atoms with Gasteiger partial charge in [-0.2, -0.15) is 11.3 Å². The number of nitrogens with zero attached hydrogens (tertiary/aromatic N) is 2. The molecule has 0 N–H and O–H groups in total. The van der Waals surface area contributed by atoms with Crippen molar-refractivity contribution >= 4 is 67.9 Å². The Morgan fingerprint density at radius 2 is 0.864 bits per heavy atom. The Labute approximate surface area is 404 Å². The molecule has 0 radical (unpaired) electrons. The van der Waals surface area contributed by atoms with E-state index >= 15 is 0 Å². The number of fused-ring (bicyclic) bond motifs is 9. The van der Waals surface area contributed by atoms with E-state index in [9.17, 15) is 0 Å². The summed E-state index contributed by atoms with van der Waals surface area (Å²) in [5.41, 5.74) is 25.6. The highest BCUT2D eigenvalue weighted by molar-refractivity contribution is 7.29. The Morgan fingerprint density at radius 3 is 1.42 bits per heavy atom. The van der Waals surface area contributed by atoms with Crippen molar-refractivity contribution in [1.82, 2.24) is 0 Å². The monoisotopic (exact) mass is 895 g/mol. The molecule has 0 spiro atoms. The largest absolute Gasteiger partial charge is 0.311 e. The van der Waals surface area contributed by atoms with Crippen molar-refractivity contribution in [2.45, 2.75) is 219 Å². The Bertz CT molecular complexity index is 2920. The molecule has 6 aliphatic rings. The van der Waals surface area contributed by atoms with Gasteiger partial charge in [0.1, 0.15) is 0 Å². The molecule has 2 aliphatic heterocycles. The first-order valence-corrected chi connectivity index (χ1v) is 26.7. The number of hydrogen-bond donors (Lipinski definition) is 0. The van der Waals surface area contributed by atoms with Gasteiger partial charge in [0, 0.05) is 38.1 Å². The van der Waals surface area contributed by atoms with Crippen LogP contribution in [0.25, 0.3) is 0 Å². The van der Waals surface area contributed by atoms with Gasteiger partial charge < -0.3 is 9.80 Å². The summed E-state index contributed by atoms with van der Waals surface area (Å²) in [5, 5.41) is 0. The van der Waals surface area contributed by atoms with E-state index in [2.05, 4.69) is 200 Å². The van der Waals surface area contributed by atoms with Crippen LogP contribution in [0.15, 0.2) is 54.6 Å². The van der Waals surface area contributed by atoms with Crippen molar-refractivity contribution in [3.05, 3.63) is 110 Å². The van der Waals surface area contributed by atoms with Gasteiger partial charge in [-0.25, -0.2) is 0 Å². The van der Waals surface area contributed by atoms with Gasteiger partial charge in [-0.3, -0.25) is 0 Å². The average molecular weight is 895 g/mol. The van der Waals surface area contributed by atoms with Gasteiger partial charge in [-0.1, -0.05) is 129 Å². The molecule has 0 saturated carbocycles. The van der Waals surface area contributed by atoms with Crippen LogP contribution in [0.2, 0.25) is 0 Å². The van der Waals surface area contributed by atoms with E-state index in [1.165, 1.54) is 124 Å². The maximum absolute atomic E-state index is 2.84. The summed E-state index contributed by atoms with van der Waals surface area (Å²) < 4.78 is 1.56.